The fourth-order valence-corrected chi connectivity index (χ4v) is 2.75. The number of aryl methyl sites for hydroxylation is 1. The molecule has 1 aromatic carbocycles. The molecule has 0 amide bonds. The van der Waals surface area contributed by atoms with Crippen LogP contribution in [0.5, 0.6) is 5.75 Å². The van der Waals surface area contributed by atoms with Gasteiger partial charge in [0.2, 0.25) is 0 Å². The van der Waals surface area contributed by atoms with Gasteiger partial charge in [-0.05, 0) is 44.7 Å². The SMILES string of the molecule is Cc1ccc(OCC(C)NC2CCOC(C(C)C)C2)cc1. The molecule has 3 atom stereocenters. The van der Waals surface area contributed by atoms with Crippen LogP contribution in [0.3, 0.4) is 0 Å². The Morgan fingerprint density at radius 3 is 2.62 bits per heavy atom. The smallest absolute Gasteiger partial charge is 0.119 e. The van der Waals surface area contributed by atoms with Crippen LogP contribution in [0.4, 0.5) is 0 Å². The summed E-state index contributed by atoms with van der Waals surface area (Å²) >= 11 is 0. The first-order chi connectivity index (χ1) is 10.0. The number of benzene rings is 1. The van der Waals surface area contributed by atoms with E-state index >= 15 is 0 Å². The second-order valence-corrected chi connectivity index (χ2v) is 6.57. The van der Waals surface area contributed by atoms with Gasteiger partial charge in [0.05, 0.1) is 6.10 Å². The van der Waals surface area contributed by atoms with E-state index < -0.39 is 0 Å². The van der Waals surface area contributed by atoms with E-state index in [1.54, 1.807) is 0 Å². The van der Waals surface area contributed by atoms with Crippen LogP contribution >= 0.6 is 0 Å². The minimum atomic E-state index is 0.349. The van der Waals surface area contributed by atoms with Gasteiger partial charge in [0.1, 0.15) is 12.4 Å². The first kappa shape index (κ1) is 16.3. The van der Waals surface area contributed by atoms with Crippen molar-refractivity contribution in [2.75, 3.05) is 13.2 Å². The predicted octanol–water partition coefficient (Wildman–Crippen LogP) is 3.56. The van der Waals surface area contributed by atoms with Crippen molar-refractivity contribution in [3.8, 4) is 5.75 Å². The van der Waals surface area contributed by atoms with Crippen LogP contribution in [0.15, 0.2) is 24.3 Å². The second kappa shape index (κ2) is 7.81. The third kappa shape index (κ3) is 5.33. The zero-order valence-corrected chi connectivity index (χ0v) is 13.8. The van der Waals surface area contributed by atoms with Crippen LogP contribution in [-0.4, -0.2) is 31.4 Å². The second-order valence-electron chi connectivity index (χ2n) is 6.57. The van der Waals surface area contributed by atoms with Crippen LogP contribution in [0.2, 0.25) is 0 Å². The van der Waals surface area contributed by atoms with Gasteiger partial charge >= 0.3 is 0 Å². The Labute approximate surface area is 129 Å². The lowest BCUT2D eigenvalue weighted by atomic mass is 9.95. The standard InChI is InChI=1S/C18H29NO2/c1-13(2)18-11-16(9-10-20-18)19-15(4)12-21-17-7-5-14(3)6-8-17/h5-8,13,15-16,18-19H,9-12H2,1-4H3. The number of nitrogens with one attached hydrogen (secondary N) is 1. The summed E-state index contributed by atoms with van der Waals surface area (Å²) in [4.78, 5) is 0. The fraction of sp³-hybridized carbons (Fsp3) is 0.667. The van der Waals surface area contributed by atoms with Gasteiger partial charge in [0.15, 0.2) is 0 Å². The van der Waals surface area contributed by atoms with Crippen molar-refractivity contribution in [1.29, 1.82) is 0 Å². The molecule has 1 aliphatic heterocycles. The summed E-state index contributed by atoms with van der Waals surface area (Å²) in [5.74, 6) is 1.54. The molecule has 1 fully saturated rings. The Balaban J connectivity index is 1.73. The Morgan fingerprint density at radius 1 is 1.24 bits per heavy atom. The zero-order valence-electron chi connectivity index (χ0n) is 13.8. The summed E-state index contributed by atoms with van der Waals surface area (Å²) < 4.78 is 11.7. The monoisotopic (exact) mass is 291 g/mol. The van der Waals surface area contributed by atoms with Gasteiger partial charge in [0, 0.05) is 18.7 Å². The maximum Gasteiger partial charge on any atom is 0.119 e. The van der Waals surface area contributed by atoms with Crippen molar-refractivity contribution >= 4 is 0 Å². The lowest BCUT2D eigenvalue weighted by Gasteiger charge is -2.34. The minimum absolute atomic E-state index is 0.349. The molecule has 0 bridgehead atoms. The van der Waals surface area contributed by atoms with E-state index in [-0.39, 0.29) is 0 Å². The minimum Gasteiger partial charge on any atom is -0.492 e. The highest BCUT2D eigenvalue weighted by Crippen LogP contribution is 2.20. The van der Waals surface area contributed by atoms with Crippen LogP contribution in [0.25, 0.3) is 0 Å². The third-order valence-electron chi connectivity index (χ3n) is 4.10. The normalized spacial score (nSPS) is 24.0. The van der Waals surface area contributed by atoms with Gasteiger partial charge in [-0.2, -0.15) is 0 Å². The fourth-order valence-electron chi connectivity index (χ4n) is 2.75. The summed E-state index contributed by atoms with van der Waals surface area (Å²) in [6, 6.07) is 9.12. The van der Waals surface area contributed by atoms with E-state index in [1.807, 2.05) is 12.1 Å². The number of ether oxygens (including phenoxy) is 2. The van der Waals surface area contributed by atoms with Crippen molar-refractivity contribution in [1.82, 2.24) is 5.32 Å². The topological polar surface area (TPSA) is 30.5 Å². The molecule has 2 rings (SSSR count). The molecule has 0 spiro atoms. The largest absolute Gasteiger partial charge is 0.492 e. The van der Waals surface area contributed by atoms with E-state index in [2.05, 4.69) is 45.1 Å². The summed E-state index contributed by atoms with van der Waals surface area (Å²) in [7, 11) is 0. The Morgan fingerprint density at radius 2 is 1.95 bits per heavy atom. The van der Waals surface area contributed by atoms with Crippen molar-refractivity contribution in [2.45, 2.75) is 58.7 Å². The lowest BCUT2D eigenvalue weighted by molar-refractivity contribution is -0.0263. The first-order valence-electron chi connectivity index (χ1n) is 8.11. The predicted molar refractivity (Wildman–Crippen MR) is 86.9 cm³/mol. The molecular weight excluding hydrogens is 262 g/mol. The summed E-state index contributed by atoms with van der Waals surface area (Å²) in [5, 5.41) is 3.68. The molecular formula is C18H29NO2. The molecule has 0 aromatic heterocycles. The van der Waals surface area contributed by atoms with E-state index in [4.69, 9.17) is 9.47 Å². The van der Waals surface area contributed by atoms with E-state index in [0.29, 0.717) is 30.7 Å². The summed E-state index contributed by atoms with van der Waals surface area (Å²) in [5.41, 5.74) is 1.26. The van der Waals surface area contributed by atoms with Crippen molar-refractivity contribution in [2.24, 2.45) is 5.92 Å². The molecule has 0 saturated carbocycles. The zero-order chi connectivity index (χ0) is 15.2. The van der Waals surface area contributed by atoms with Crippen molar-refractivity contribution in [3.05, 3.63) is 29.8 Å². The number of rotatable bonds is 6. The highest BCUT2D eigenvalue weighted by atomic mass is 16.5. The van der Waals surface area contributed by atoms with Gasteiger partial charge in [-0.15, -0.1) is 0 Å². The number of hydrogen-bond acceptors (Lipinski definition) is 3. The summed E-state index contributed by atoms with van der Waals surface area (Å²) in [6.45, 7) is 10.3. The van der Waals surface area contributed by atoms with Gasteiger partial charge < -0.3 is 14.8 Å². The molecule has 118 valence electrons. The molecule has 3 heteroatoms. The third-order valence-corrected chi connectivity index (χ3v) is 4.10. The quantitative estimate of drug-likeness (QED) is 0.869. The van der Waals surface area contributed by atoms with Gasteiger partial charge in [-0.3, -0.25) is 0 Å². The highest BCUT2D eigenvalue weighted by Gasteiger charge is 2.25. The maximum absolute atomic E-state index is 5.84. The molecule has 1 saturated heterocycles. The molecule has 1 aromatic rings. The van der Waals surface area contributed by atoms with Crippen LogP contribution in [0.1, 0.15) is 39.2 Å². The molecule has 21 heavy (non-hydrogen) atoms. The molecule has 3 nitrogen and oxygen atoms in total. The summed E-state index contributed by atoms with van der Waals surface area (Å²) in [6.07, 6.45) is 2.59. The molecule has 1 aliphatic rings. The van der Waals surface area contributed by atoms with Gasteiger partial charge in [-0.1, -0.05) is 31.5 Å². The lowest BCUT2D eigenvalue weighted by Crippen LogP contribution is -2.46. The molecule has 1 N–H and O–H groups in total. The highest BCUT2D eigenvalue weighted by molar-refractivity contribution is 5.26. The number of hydrogen-bond donors (Lipinski definition) is 1. The average Bonchev–Trinajstić information content (AvgIpc) is 2.47. The van der Waals surface area contributed by atoms with Gasteiger partial charge in [-0.25, -0.2) is 0 Å². The van der Waals surface area contributed by atoms with E-state index in [9.17, 15) is 0 Å². The first-order valence-corrected chi connectivity index (χ1v) is 8.11. The van der Waals surface area contributed by atoms with E-state index in [0.717, 1.165) is 25.2 Å². The Kier molecular flexibility index (Phi) is 6.07. The van der Waals surface area contributed by atoms with Crippen LogP contribution in [0, 0.1) is 12.8 Å². The molecule has 0 aliphatic carbocycles. The average molecular weight is 291 g/mol. The van der Waals surface area contributed by atoms with Crippen molar-refractivity contribution < 1.29 is 9.47 Å². The van der Waals surface area contributed by atoms with E-state index in [1.165, 1.54) is 5.56 Å². The molecule has 3 unspecified atom stereocenters. The van der Waals surface area contributed by atoms with Crippen molar-refractivity contribution in [3.63, 3.8) is 0 Å². The molecule has 0 radical (unpaired) electrons. The van der Waals surface area contributed by atoms with Crippen LogP contribution in [-0.2, 0) is 4.74 Å². The Hall–Kier alpha value is -1.06. The van der Waals surface area contributed by atoms with Crippen LogP contribution < -0.4 is 10.1 Å². The molecule has 1 heterocycles. The Bertz CT molecular complexity index is 416. The maximum atomic E-state index is 5.84. The van der Waals surface area contributed by atoms with Gasteiger partial charge in [0.25, 0.3) is 0 Å².